The molecule has 2 fully saturated rings. The highest BCUT2D eigenvalue weighted by atomic mass is 79.9. The van der Waals surface area contributed by atoms with Crippen molar-refractivity contribution < 1.29 is 4.79 Å². The van der Waals surface area contributed by atoms with E-state index in [0.29, 0.717) is 22.7 Å². The largest absolute Gasteiger partial charge is 0.335 e. The van der Waals surface area contributed by atoms with E-state index in [-0.39, 0.29) is 5.91 Å². The number of hydrogen-bond donors (Lipinski definition) is 0. The van der Waals surface area contributed by atoms with E-state index in [1.54, 1.807) is 12.3 Å². The van der Waals surface area contributed by atoms with Gasteiger partial charge in [-0.25, -0.2) is 4.98 Å². The van der Waals surface area contributed by atoms with Gasteiger partial charge in [-0.15, -0.1) is 0 Å². The van der Waals surface area contributed by atoms with E-state index in [1.807, 2.05) is 4.90 Å². The molecule has 0 bridgehead atoms. The molecule has 0 spiro atoms. The summed E-state index contributed by atoms with van der Waals surface area (Å²) in [6, 6.07) is 2.18. The van der Waals surface area contributed by atoms with Crippen molar-refractivity contribution in [2.75, 3.05) is 6.54 Å². The van der Waals surface area contributed by atoms with Crippen LogP contribution in [0.1, 0.15) is 42.5 Å². The predicted molar refractivity (Wildman–Crippen MR) is 78.3 cm³/mol. The van der Waals surface area contributed by atoms with Gasteiger partial charge in [-0.3, -0.25) is 4.79 Å². The molecule has 102 valence electrons. The van der Waals surface area contributed by atoms with E-state index in [2.05, 4.69) is 20.9 Å². The van der Waals surface area contributed by atoms with Crippen molar-refractivity contribution in [2.24, 2.45) is 5.92 Å². The van der Waals surface area contributed by atoms with Gasteiger partial charge in [0.05, 0.1) is 5.56 Å². The number of carbonyl (C=O) groups excluding carboxylic acids is 1. The van der Waals surface area contributed by atoms with Crippen LogP contribution < -0.4 is 0 Å². The molecule has 1 amide bonds. The molecule has 2 heterocycles. The fraction of sp³-hybridized carbons (Fsp3) is 0.571. The van der Waals surface area contributed by atoms with Gasteiger partial charge in [-0.05, 0) is 47.2 Å². The summed E-state index contributed by atoms with van der Waals surface area (Å²) >= 11 is 9.42. The van der Waals surface area contributed by atoms with Crippen LogP contribution in [0.15, 0.2) is 16.7 Å². The van der Waals surface area contributed by atoms with Crippen LogP contribution in [-0.4, -0.2) is 28.4 Å². The van der Waals surface area contributed by atoms with Crippen molar-refractivity contribution in [3.8, 4) is 0 Å². The number of amides is 1. The maximum absolute atomic E-state index is 12.7. The number of aromatic nitrogens is 1. The molecule has 2 unspecified atom stereocenters. The number of carbonyl (C=O) groups is 1. The first-order valence-corrected chi connectivity index (χ1v) is 7.96. The lowest BCUT2D eigenvalue weighted by Crippen LogP contribution is -2.39. The number of fused-ring (bicyclic) bond motifs is 1. The Bertz CT molecular complexity index is 508. The van der Waals surface area contributed by atoms with E-state index in [4.69, 9.17) is 11.6 Å². The quantitative estimate of drug-likeness (QED) is 0.725. The first kappa shape index (κ1) is 13.4. The fourth-order valence-electron chi connectivity index (χ4n) is 3.39. The molecular formula is C14H16BrClN2O. The van der Waals surface area contributed by atoms with E-state index < -0.39 is 0 Å². The lowest BCUT2D eigenvalue weighted by Gasteiger charge is -2.31. The summed E-state index contributed by atoms with van der Waals surface area (Å²) in [6.07, 6.45) is 7.69. The van der Waals surface area contributed by atoms with Crippen LogP contribution in [0, 0.1) is 5.92 Å². The Balaban J connectivity index is 1.85. The Labute approximate surface area is 126 Å². The number of nitrogens with zero attached hydrogens (tertiary/aromatic N) is 2. The van der Waals surface area contributed by atoms with Gasteiger partial charge in [0.1, 0.15) is 5.15 Å². The molecule has 0 radical (unpaired) electrons. The van der Waals surface area contributed by atoms with Gasteiger partial charge in [-0.2, -0.15) is 0 Å². The van der Waals surface area contributed by atoms with Gasteiger partial charge in [-0.1, -0.05) is 24.4 Å². The zero-order valence-electron chi connectivity index (χ0n) is 10.6. The molecule has 0 N–H and O–H groups in total. The molecule has 1 aromatic heterocycles. The number of hydrogen-bond acceptors (Lipinski definition) is 2. The van der Waals surface area contributed by atoms with Crippen LogP contribution in [-0.2, 0) is 0 Å². The maximum Gasteiger partial charge on any atom is 0.257 e. The smallest absolute Gasteiger partial charge is 0.257 e. The molecule has 2 atom stereocenters. The molecule has 1 saturated heterocycles. The summed E-state index contributed by atoms with van der Waals surface area (Å²) < 4.78 is 0.791. The topological polar surface area (TPSA) is 33.2 Å². The number of rotatable bonds is 1. The first-order valence-electron chi connectivity index (χ1n) is 6.79. The summed E-state index contributed by atoms with van der Waals surface area (Å²) in [6.45, 7) is 0.858. The number of halogens is 2. The molecule has 2 aliphatic rings. The normalized spacial score (nSPS) is 26.3. The lowest BCUT2D eigenvalue weighted by atomic mass is 9.85. The highest BCUT2D eigenvalue weighted by Gasteiger charge is 2.38. The summed E-state index contributed by atoms with van der Waals surface area (Å²) in [7, 11) is 0. The van der Waals surface area contributed by atoms with Crippen LogP contribution in [0.4, 0.5) is 0 Å². The molecule has 3 rings (SSSR count). The van der Waals surface area contributed by atoms with Crippen LogP contribution >= 0.6 is 27.5 Å². The number of pyridine rings is 1. The standard InChI is InChI=1S/C14H16BrClN2O/c15-10-7-11(13(16)17-8-10)14(19)18-6-5-9-3-1-2-4-12(9)18/h7-9,12H,1-6H2. The summed E-state index contributed by atoms with van der Waals surface area (Å²) in [5.41, 5.74) is 0.516. The molecule has 1 aliphatic heterocycles. The van der Waals surface area contributed by atoms with Crippen molar-refractivity contribution in [3.05, 3.63) is 27.5 Å². The fourth-order valence-corrected chi connectivity index (χ4v) is 3.90. The molecule has 0 aromatic carbocycles. The summed E-state index contributed by atoms with van der Waals surface area (Å²) in [5, 5.41) is 0.299. The second kappa shape index (κ2) is 5.41. The predicted octanol–water partition coefficient (Wildman–Crippen LogP) is 3.90. The molecule has 19 heavy (non-hydrogen) atoms. The van der Waals surface area contributed by atoms with Gasteiger partial charge < -0.3 is 4.90 Å². The maximum atomic E-state index is 12.7. The van der Waals surface area contributed by atoms with Crippen molar-refractivity contribution in [2.45, 2.75) is 38.1 Å². The zero-order chi connectivity index (χ0) is 13.4. The minimum Gasteiger partial charge on any atom is -0.335 e. The lowest BCUT2D eigenvalue weighted by molar-refractivity contribution is 0.0690. The van der Waals surface area contributed by atoms with Crippen molar-refractivity contribution in [1.29, 1.82) is 0 Å². The highest BCUT2D eigenvalue weighted by molar-refractivity contribution is 9.10. The molecular weight excluding hydrogens is 328 g/mol. The van der Waals surface area contributed by atoms with Crippen molar-refractivity contribution >= 4 is 33.4 Å². The Morgan fingerprint density at radius 3 is 3.00 bits per heavy atom. The van der Waals surface area contributed by atoms with E-state index in [9.17, 15) is 4.79 Å². The SMILES string of the molecule is O=C(c1cc(Br)cnc1Cl)N1CCC2CCCCC21. The number of likely N-dealkylation sites (tertiary alicyclic amines) is 1. The third-order valence-electron chi connectivity index (χ3n) is 4.31. The Kier molecular flexibility index (Phi) is 3.81. The van der Waals surface area contributed by atoms with Gasteiger partial charge in [0.2, 0.25) is 0 Å². The third kappa shape index (κ3) is 2.52. The van der Waals surface area contributed by atoms with Crippen LogP contribution in [0.3, 0.4) is 0 Å². The van der Waals surface area contributed by atoms with E-state index in [1.165, 1.54) is 19.3 Å². The minimum absolute atomic E-state index is 0.0354. The third-order valence-corrected chi connectivity index (χ3v) is 5.04. The average molecular weight is 344 g/mol. The van der Waals surface area contributed by atoms with Gasteiger partial charge >= 0.3 is 0 Å². The molecule has 1 saturated carbocycles. The first-order chi connectivity index (χ1) is 9.16. The average Bonchev–Trinajstić information content (AvgIpc) is 2.84. The molecule has 5 heteroatoms. The Morgan fingerprint density at radius 2 is 2.16 bits per heavy atom. The van der Waals surface area contributed by atoms with Gasteiger partial charge in [0, 0.05) is 23.3 Å². The van der Waals surface area contributed by atoms with Crippen LogP contribution in [0.5, 0.6) is 0 Å². The van der Waals surface area contributed by atoms with Crippen molar-refractivity contribution in [1.82, 2.24) is 9.88 Å². The van der Waals surface area contributed by atoms with Crippen LogP contribution in [0.25, 0.3) is 0 Å². The van der Waals surface area contributed by atoms with E-state index >= 15 is 0 Å². The highest BCUT2D eigenvalue weighted by Crippen LogP contribution is 2.37. The summed E-state index contributed by atoms with van der Waals surface area (Å²) in [5.74, 6) is 0.727. The monoisotopic (exact) mass is 342 g/mol. The van der Waals surface area contributed by atoms with E-state index in [0.717, 1.165) is 23.9 Å². The van der Waals surface area contributed by atoms with Gasteiger partial charge in [0.15, 0.2) is 0 Å². The Morgan fingerprint density at radius 1 is 1.37 bits per heavy atom. The zero-order valence-corrected chi connectivity index (χ0v) is 13.0. The molecule has 1 aromatic rings. The second-order valence-corrected chi connectivity index (χ2v) is 6.66. The van der Waals surface area contributed by atoms with Gasteiger partial charge in [0.25, 0.3) is 5.91 Å². The summed E-state index contributed by atoms with van der Waals surface area (Å²) in [4.78, 5) is 18.7. The van der Waals surface area contributed by atoms with Crippen molar-refractivity contribution in [3.63, 3.8) is 0 Å². The second-order valence-electron chi connectivity index (χ2n) is 5.39. The Hall–Kier alpha value is -0.610. The molecule has 1 aliphatic carbocycles. The minimum atomic E-state index is 0.0354. The molecule has 3 nitrogen and oxygen atoms in total. The van der Waals surface area contributed by atoms with Crippen LogP contribution in [0.2, 0.25) is 5.15 Å².